The van der Waals surface area contributed by atoms with Crippen LogP contribution in [0.2, 0.25) is 0 Å². The van der Waals surface area contributed by atoms with Crippen LogP contribution >= 0.6 is 0 Å². The minimum Gasteiger partial charge on any atom is -0.480 e. The summed E-state index contributed by atoms with van der Waals surface area (Å²) in [6.45, 7) is 3.73. The zero-order valence-corrected chi connectivity index (χ0v) is 8.39. The number of nitroso groups, excluding NO2 is 1. The van der Waals surface area contributed by atoms with Crippen molar-refractivity contribution in [3.05, 3.63) is 4.91 Å². The number of hydrogen-bond acceptors (Lipinski definition) is 4. The van der Waals surface area contributed by atoms with Gasteiger partial charge >= 0.3 is 5.97 Å². The first kappa shape index (κ1) is 12.0. The fourth-order valence-electron chi connectivity index (χ4n) is 1.50. The monoisotopic (exact) mass is 188 g/mol. The fourth-order valence-corrected chi connectivity index (χ4v) is 1.50. The third kappa shape index (κ3) is 3.10. The van der Waals surface area contributed by atoms with Crippen molar-refractivity contribution < 1.29 is 9.90 Å². The normalized spacial score (nSPS) is 15.8. The van der Waals surface area contributed by atoms with Gasteiger partial charge in [0.25, 0.3) is 0 Å². The van der Waals surface area contributed by atoms with Crippen molar-refractivity contribution >= 4 is 5.97 Å². The summed E-state index contributed by atoms with van der Waals surface area (Å²) in [4.78, 5) is 22.7. The minimum atomic E-state index is -1.19. The maximum atomic E-state index is 10.7. The molecule has 5 heteroatoms. The molecule has 0 aromatic heterocycles. The summed E-state index contributed by atoms with van der Waals surface area (Å²) in [5.74, 6) is -1.09. The maximum absolute atomic E-state index is 10.7. The number of hydrogen-bond donors (Lipinski definition) is 1. The highest BCUT2D eigenvalue weighted by Crippen LogP contribution is 2.14. The van der Waals surface area contributed by atoms with Gasteiger partial charge in [-0.2, -0.15) is 0 Å². The molecule has 1 unspecified atom stereocenters. The van der Waals surface area contributed by atoms with Crippen LogP contribution in [-0.2, 0) is 4.79 Å². The summed E-state index contributed by atoms with van der Waals surface area (Å²) in [5.41, 5.74) is 0. The molecule has 0 radical (unpaired) electrons. The third-order valence-corrected chi connectivity index (χ3v) is 1.97. The van der Waals surface area contributed by atoms with E-state index in [2.05, 4.69) is 5.18 Å². The van der Waals surface area contributed by atoms with E-state index in [-0.39, 0.29) is 12.0 Å². The van der Waals surface area contributed by atoms with E-state index in [9.17, 15) is 9.70 Å². The number of carbonyl (C=O) groups is 1. The fraction of sp³-hybridized carbons (Fsp3) is 0.875. The van der Waals surface area contributed by atoms with Crippen LogP contribution in [0.3, 0.4) is 0 Å². The Kier molecular flexibility index (Phi) is 4.55. The molecule has 0 aliphatic heterocycles. The summed E-state index contributed by atoms with van der Waals surface area (Å²) in [7, 11) is 3.48. The lowest BCUT2D eigenvalue weighted by molar-refractivity contribution is -0.140. The van der Waals surface area contributed by atoms with E-state index < -0.39 is 12.0 Å². The van der Waals surface area contributed by atoms with Crippen molar-refractivity contribution in [1.29, 1.82) is 0 Å². The van der Waals surface area contributed by atoms with Crippen molar-refractivity contribution in [2.75, 3.05) is 14.1 Å². The summed E-state index contributed by atoms with van der Waals surface area (Å²) in [6.07, 6.45) is 0. The second kappa shape index (κ2) is 4.91. The lowest BCUT2D eigenvalue weighted by Crippen LogP contribution is -2.45. The molecule has 0 heterocycles. The number of carboxylic acid groups (broad SMARTS) is 1. The molecule has 0 fully saturated rings. The van der Waals surface area contributed by atoms with E-state index in [1.165, 1.54) is 0 Å². The Morgan fingerprint density at radius 1 is 1.38 bits per heavy atom. The van der Waals surface area contributed by atoms with Crippen LogP contribution in [-0.4, -0.2) is 42.2 Å². The van der Waals surface area contributed by atoms with Crippen LogP contribution in [0.1, 0.15) is 13.8 Å². The quantitative estimate of drug-likeness (QED) is 0.647. The van der Waals surface area contributed by atoms with Crippen LogP contribution in [0.5, 0.6) is 0 Å². The second-order valence-corrected chi connectivity index (χ2v) is 3.59. The molecule has 0 bridgehead atoms. The largest absolute Gasteiger partial charge is 0.480 e. The van der Waals surface area contributed by atoms with Gasteiger partial charge in [-0.3, -0.25) is 0 Å². The standard InChI is InChI=1S/C8H16N2O3/c1-5(2)7(10(3)4)6(9-13)8(11)12/h5-7H,1-4H3,(H,11,12)/t6?,7-/m0/s1. The third-order valence-electron chi connectivity index (χ3n) is 1.97. The smallest absolute Gasteiger partial charge is 0.333 e. The predicted molar refractivity (Wildman–Crippen MR) is 49.5 cm³/mol. The van der Waals surface area contributed by atoms with Crippen LogP contribution in [0.25, 0.3) is 0 Å². The van der Waals surface area contributed by atoms with Gasteiger partial charge in [0, 0.05) is 6.04 Å². The second-order valence-electron chi connectivity index (χ2n) is 3.59. The van der Waals surface area contributed by atoms with Crippen molar-refractivity contribution in [2.24, 2.45) is 11.1 Å². The number of likely N-dealkylation sites (N-methyl/N-ethyl adjacent to an activating group) is 1. The van der Waals surface area contributed by atoms with Crippen molar-refractivity contribution in [3.63, 3.8) is 0 Å². The molecule has 76 valence electrons. The van der Waals surface area contributed by atoms with Crippen LogP contribution in [0.4, 0.5) is 0 Å². The Hall–Kier alpha value is -0.970. The Morgan fingerprint density at radius 2 is 1.85 bits per heavy atom. The van der Waals surface area contributed by atoms with Crippen LogP contribution in [0.15, 0.2) is 5.18 Å². The van der Waals surface area contributed by atoms with Gasteiger partial charge in [-0.05, 0) is 20.0 Å². The highest BCUT2D eigenvalue weighted by Gasteiger charge is 2.33. The zero-order chi connectivity index (χ0) is 10.6. The van der Waals surface area contributed by atoms with Crippen LogP contribution < -0.4 is 0 Å². The van der Waals surface area contributed by atoms with Crippen molar-refractivity contribution in [1.82, 2.24) is 4.90 Å². The van der Waals surface area contributed by atoms with Gasteiger partial charge in [-0.25, -0.2) is 4.79 Å². The molecule has 13 heavy (non-hydrogen) atoms. The summed E-state index contributed by atoms with van der Waals surface area (Å²) in [6, 6.07) is -1.54. The van der Waals surface area contributed by atoms with E-state index >= 15 is 0 Å². The highest BCUT2D eigenvalue weighted by atomic mass is 16.4. The maximum Gasteiger partial charge on any atom is 0.333 e. The summed E-state index contributed by atoms with van der Waals surface area (Å²) >= 11 is 0. The molecule has 0 amide bonds. The Bertz CT molecular complexity index is 184. The molecule has 1 N–H and O–H groups in total. The average molecular weight is 188 g/mol. The van der Waals surface area contributed by atoms with Gasteiger partial charge in [0.2, 0.25) is 6.04 Å². The molecule has 0 saturated heterocycles. The van der Waals surface area contributed by atoms with Gasteiger partial charge in [0.15, 0.2) is 0 Å². The number of rotatable bonds is 5. The van der Waals surface area contributed by atoms with Gasteiger partial charge in [-0.1, -0.05) is 19.0 Å². The minimum absolute atomic E-state index is 0.0776. The Labute approximate surface area is 77.7 Å². The van der Waals surface area contributed by atoms with Gasteiger partial charge in [0.1, 0.15) is 0 Å². The molecule has 0 aromatic rings. The predicted octanol–water partition coefficient (Wildman–Crippen LogP) is 0.792. The lowest BCUT2D eigenvalue weighted by atomic mass is 9.96. The first-order valence-electron chi connectivity index (χ1n) is 4.13. The van der Waals surface area contributed by atoms with E-state index in [0.717, 1.165) is 0 Å². The van der Waals surface area contributed by atoms with Gasteiger partial charge in [-0.15, -0.1) is 4.91 Å². The molecule has 0 spiro atoms. The number of aliphatic carboxylic acids is 1. The molecule has 0 saturated carbocycles. The first-order valence-corrected chi connectivity index (χ1v) is 4.13. The molecule has 2 atom stereocenters. The topological polar surface area (TPSA) is 70.0 Å². The zero-order valence-electron chi connectivity index (χ0n) is 8.39. The van der Waals surface area contributed by atoms with E-state index in [1.807, 2.05) is 13.8 Å². The van der Waals surface area contributed by atoms with Crippen LogP contribution in [0, 0.1) is 10.8 Å². The molecule has 0 aliphatic carbocycles. The molecule has 5 nitrogen and oxygen atoms in total. The molecular weight excluding hydrogens is 172 g/mol. The molecular formula is C8H16N2O3. The Balaban J connectivity index is 4.69. The summed E-state index contributed by atoms with van der Waals surface area (Å²) in [5, 5.41) is 11.4. The lowest BCUT2D eigenvalue weighted by Gasteiger charge is -2.29. The average Bonchev–Trinajstić information content (AvgIpc) is 1.97. The van der Waals surface area contributed by atoms with Crippen molar-refractivity contribution in [3.8, 4) is 0 Å². The molecule has 0 rings (SSSR count). The number of carboxylic acids is 1. The summed E-state index contributed by atoms with van der Waals surface area (Å²) < 4.78 is 0. The van der Waals surface area contributed by atoms with Gasteiger partial charge in [0.05, 0.1) is 0 Å². The molecule has 0 aromatic carbocycles. The SMILES string of the molecule is CC(C)[C@@H](C(N=O)C(=O)O)N(C)C. The number of nitrogens with zero attached hydrogens (tertiary/aromatic N) is 2. The van der Waals surface area contributed by atoms with E-state index in [4.69, 9.17) is 5.11 Å². The van der Waals surface area contributed by atoms with Crippen molar-refractivity contribution in [2.45, 2.75) is 25.9 Å². The van der Waals surface area contributed by atoms with E-state index in [1.54, 1.807) is 19.0 Å². The first-order chi connectivity index (χ1) is 5.91. The highest BCUT2D eigenvalue weighted by molar-refractivity contribution is 5.74. The Morgan fingerprint density at radius 3 is 1.92 bits per heavy atom. The van der Waals surface area contributed by atoms with E-state index in [0.29, 0.717) is 0 Å². The van der Waals surface area contributed by atoms with Gasteiger partial charge < -0.3 is 10.0 Å². The molecule has 0 aliphatic rings.